The Labute approximate surface area is 106 Å². The fourth-order valence-corrected chi connectivity index (χ4v) is 1.95. The van der Waals surface area contributed by atoms with E-state index in [-0.39, 0.29) is 18.1 Å². The molecule has 0 spiro atoms. The maximum Gasteiger partial charge on any atom is 0.153 e. The van der Waals surface area contributed by atoms with Gasteiger partial charge in [-0.1, -0.05) is 18.5 Å². The number of nitrogens with zero attached hydrogens (tertiary/aromatic N) is 1. The van der Waals surface area contributed by atoms with Crippen LogP contribution in [0, 0.1) is 11.3 Å². The van der Waals surface area contributed by atoms with E-state index in [1.807, 2.05) is 6.07 Å². The third-order valence-corrected chi connectivity index (χ3v) is 4.14. The molecule has 0 aromatic heterocycles. The number of nitriles is 1. The van der Waals surface area contributed by atoms with Crippen molar-refractivity contribution in [1.29, 1.82) is 5.26 Å². The van der Waals surface area contributed by atoms with Crippen molar-refractivity contribution in [1.82, 2.24) is 0 Å². The molecule has 0 fully saturated rings. The van der Waals surface area contributed by atoms with Crippen LogP contribution in [-0.2, 0) is 9.84 Å². The smallest absolute Gasteiger partial charge is 0.153 e. The van der Waals surface area contributed by atoms with E-state index < -0.39 is 9.84 Å². The lowest BCUT2D eigenvalue weighted by Crippen LogP contribution is -2.15. The SMILES string of the molecule is CCS(=O)(=O)CCOc1ccc(C#N)c(Cl)c1. The number of hydrogen-bond donors (Lipinski definition) is 0. The van der Waals surface area contributed by atoms with Crippen molar-refractivity contribution in [2.24, 2.45) is 0 Å². The number of benzene rings is 1. The van der Waals surface area contributed by atoms with E-state index in [0.717, 1.165) is 0 Å². The van der Waals surface area contributed by atoms with Gasteiger partial charge < -0.3 is 4.74 Å². The van der Waals surface area contributed by atoms with Gasteiger partial charge in [0.25, 0.3) is 0 Å². The van der Waals surface area contributed by atoms with Crippen LogP contribution in [-0.4, -0.2) is 26.5 Å². The summed E-state index contributed by atoms with van der Waals surface area (Å²) in [5.74, 6) is 0.534. The minimum absolute atomic E-state index is 0.0267. The van der Waals surface area contributed by atoms with Gasteiger partial charge in [0.1, 0.15) is 18.4 Å². The van der Waals surface area contributed by atoms with Crippen LogP contribution in [0.5, 0.6) is 5.75 Å². The Hall–Kier alpha value is -1.25. The molecule has 0 saturated heterocycles. The molecule has 17 heavy (non-hydrogen) atoms. The van der Waals surface area contributed by atoms with Crippen LogP contribution >= 0.6 is 11.6 Å². The standard InChI is InChI=1S/C11H12ClNO3S/c1-2-17(14,15)6-5-16-10-4-3-9(8-13)11(12)7-10/h3-4,7H,2,5-6H2,1H3. The summed E-state index contributed by atoms with van der Waals surface area (Å²) in [5, 5.41) is 8.96. The highest BCUT2D eigenvalue weighted by Gasteiger charge is 2.08. The summed E-state index contributed by atoms with van der Waals surface area (Å²) in [5.41, 5.74) is 0.361. The first kappa shape index (κ1) is 13.8. The zero-order valence-electron chi connectivity index (χ0n) is 9.31. The normalized spacial score (nSPS) is 10.9. The van der Waals surface area contributed by atoms with Crippen LogP contribution < -0.4 is 4.74 Å². The second kappa shape index (κ2) is 5.89. The summed E-state index contributed by atoms with van der Waals surface area (Å²) < 4.78 is 27.7. The minimum Gasteiger partial charge on any atom is -0.492 e. The quantitative estimate of drug-likeness (QED) is 0.823. The number of halogens is 1. The zero-order chi connectivity index (χ0) is 12.9. The highest BCUT2D eigenvalue weighted by atomic mass is 35.5. The van der Waals surface area contributed by atoms with Gasteiger partial charge in [-0.15, -0.1) is 0 Å². The molecule has 1 aromatic carbocycles. The molecule has 0 radical (unpaired) electrons. The van der Waals surface area contributed by atoms with E-state index in [1.54, 1.807) is 13.0 Å². The van der Waals surface area contributed by atoms with Gasteiger partial charge in [-0.05, 0) is 12.1 Å². The molecule has 6 heteroatoms. The molecule has 0 bridgehead atoms. The first-order valence-electron chi connectivity index (χ1n) is 5.01. The second-order valence-electron chi connectivity index (χ2n) is 3.34. The second-order valence-corrected chi connectivity index (χ2v) is 6.22. The summed E-state index contributed by atoms with van der Waals surface area (Å²) in [7, 11) is -3.02. The average Bonchev–Trinajstić information content (AvgIpc) is 2.29. The van der Waals surface area contributed by atoms with Crippen molar-refractivity contribution in [3.05, 3.63) is 28.8 Å². The van der Waals surface area contributed by atoms with Crippen LogP contribution in [0.4, 0.5) is 0 Å². The first-order chi connectivity index (χ1) is 7.98. The third-order valence-electron chi connectivity index (χ3n) is 2.16. The summed E-state index contributed by atoms with van der Waals surface area (Å²) in [4.78, 5) is 0. The number of ether oxygens (including phenoxy) is 1. The van der Waals surface area contributed by atoms with E-state index in [4.69, 9.17) is 21.6 Å². The topological polar surface area (TPSA) is 67.2 Å². The Balaban J connectivity index is 2.60. The molecule has 0 unspecified atom stereocenters. The Kier molecular flexibility index (Phi) is 4.79. The maximum absolute atomic E-state index is 11.2. The van der Waals surface area contributed by atoms with Crippen molar-refractivity contribution in [2.45, 2.75) is 6.92 Å². The maximum atomic E-state index is 11.2. The molecule has 0 saturated carbocycles. The molecule has 1 aromatic rings. The van der Waals surface area contributed by atoms with Gasteiger partial charge >= 0.3 is 0 Å². The third kappa shape index (κ3) is 4.25. The van der Waals surface area contributed by atoms with Crippen molar-refractivity contribution in [2.75, 3.05) is 18.1 Å². The largest absolute Gasteiger partial charge is 0.492 e. The number of hydrogen-bond acceptors (Lipinski definition) is 4. The number of rotatable bonds is 5. The van der Waals surface area contributed by atoms with E-state index in [2.05, 4.69) is 0 Å². The average molecular weight is 274 g/mol. The summed E-state index contributed by atoms with van der Waals surface area (Å²) in [6.45, 7) is 1.67. The Morgan fingerprint density at radius 3 is 2.71 bits per heavy atom. The number of sulfone groups is 1. The lowest BCUT2D eigenvalue weighted by atomic mass is 10.2. The van der Waals surface area contributed by atoms with Crippen molar-refractivity contribution in [3.8, 4) is 11.8 Å². The Morgan fingerprint density at radius 2 is 2.18 bits per heavy atom. The van der Waals surface area contributed by atoms with Gasteiger partial charge in [-0.3, -0.25) is 0 Å². The molecular formula is C11H12ClNO3S. The molecule has 0 aliphatic rings. The van der Waals surface area contributed by atoms with E-state index in [9.17, 15) is 8.42 Å². The molecular weight excluding hydrogens is 262 g/mol. The van der Waals surface area contributed by atoms with Crippen LogP contribution in [0.2, 0.25) is 5.02 Å². The highest BCUT2D eigenvalue weighted by molar-refractivity contribution is 7.91. The summed E-state index contributed by atoms with van der Waals surface area (Å²) >= 11 is 5.80. The van der Waals surface area contributed by atoms with Crippen molar-refractivity contribution >= 4 is 21.4 Å². The predicted octanol–water partition coefficient (Wildman–Crippen LogP) is 2.03. The molecule has 92 valence electrons. The predicted molar refractivity (Wildman–Crippen MR) is 66.0 cm³/mol. The monoisotopic (exact) mass is 273 g/mol. The molecule has 0 atom stereocenters. The zero-order valence-corrected chi connectivity index (χ0v) is 10.9. The molecule has 0 aliphatic carbocycles. The summed E-state index contributed by atoms with van der Waals surface area (Å²) in [6.07, 6.45) is 0. The first-order valence-corrected chi connectivity index (χ1v) is 7.21. The van der Waals surface area contributed by atoms with E-state index in [0.29, 0.717) is 16.3 Å². The Bertz CT molecular complexity index is 534. The van der Waals surface area contributed by atoms with Gasteiger partial charge in [-0.2, -0.15) is 5.26 Å². The Morgan fingerprint density at radius 1 is 1.47 bits per heavy atom. The minimum atomic E-state index is -3.02. The molecule has 0 amide bonds. The fourth-order valence-electron chi connectivity index (χ4n) is 1.11. The summed E-state index contributed by atoms with van der Waals surface area (Å²) in [6, 6.07) is 6.55. The van der Waals surface area contributed by atoms with Gasteiger partial charge in [0, 0.05) is 11.8 Å². The fraction of sp³-hybridized carbons (Fsp3) is 0.364. The lowest BCUT2D eigenvalue weighted by molar-refractivity contribution is 0.341. The molecule has 0 N–H and O–H groups in total. The lowest BCUT2D eigenvalue weighted by Gasteiger charge is -2.06. The molecule has 0 heterocycles. The molecule has 4 nitrogen and oxygen atoms in total. The van der Waals surface area contributed by atoms with Gasteiger partial charge in [0.15, 0.2) is 9.84 Å². The van der Waals surface area contributed by atoms with Crippen LogP contribution in [0.1, 0.15) is 12.5 Å². The van der Waals surface area contributed by atoms with Gasteiger partial charge in [0.05, 0.1) is 16.3 Å². The van der Waals surface area contributed by atoms with Gasteiger partial charge in [0.2, 0.25) is 0 Å². The van der Waals surface area contributed by atoms with Crippen LogP contribution in [0.25, 0.3) is 0 Å². The molecule has 0 aliphatic heterocycles. The molecule has 1 rings (SSSR count). The van der Waals surface area contributed by atoms with Crippen LogP contribution in [0.15, 0.2) is 18.2 Å². The van der Waals surface area contributed by atoms with Crippen molar-refractivity contribution < 1.29 is 13.2 Å². The van der Waals surface area contributed by atoms with E-state index >= 15 is 0 Å². The van der Waals surface area contributed by atoms with E-state index in [1.165, 1.54) is 12.1 Å². The highest BCUT2D eigenvalue weighted by Crippen LogP contribution is 2.21. The van der Waals surface area contributed by atoms with Crippen LogP contribution in [0.3, 0.4) is 0 Å². The van der Waals surface area contributed by atoms with Crippen molar-refractivity contribution in [3.63, 3.8) is 0 Å². The van der Waals surface area contributed by atoms with Gasteiger partial charge in [-0.25, -0.2) is 8.42 Å².